The van der Waals surface area contributed by atoms with E-state index in [0.29, 0.717) is 18.3 Å². The Morgan fingerprint density at radius 2 is 1.59 bits per heavy atom. The van der Waals surface area contributed by atoms with Crippen LogP contribution in [0.15, 0.2) is 42.5 Å². The number of carbonyl (C=O) groups is 9. The SMILES string of the molecule is CC1(C)S[C@@H]2[C@H](NC(=O)C(C(=O)O)c3ccccc3)C(=O)N2[C@H]1C(=O)O.CO[C@@H]1[C@@H](O[C@@H]2O[C@H](C)[C@@H](O[C@H]3C[C@@](C)(O)[C@@H](OC(=O)CC(C)C)[C@H](C)O3)[C@H](N(C)C)[C@H]2O)[C@@H](CC=O)C[C@@H](C)C(=O)/C=C/[C@@H]2O[C@H]2C[C@@H](C)OC(=O)C[C@H]1OC(C)=O. The topological polar surface area (TPSA) is 339 Å². The number of β-lactam (4-membered cyclic amide) rings is 1. The average Bonchev–Trinajstić information content (AvgIpc) is 1.95. The van der Waals surface area contributed by atoms with Crippen LogP contribution in [0.3, 0.4) is 0 Å². The van der Waals surface area contributed by atoms with Crippen LogP contribution in [0.4, 0.5) is 0 Å². The summed E-state index contributed by atoms with van der Waals surface area (Å²) in [6, 6.07) is 5.30. The first-order valence-electron chi connectivity index (χ1n) is 28.7. The Morgan fingerprint density at radius 1 is 0.918 bits per heavy atom. The predicted octanol–water partition coefficient (Wildman–Crippen LogP) is 2.92. The summed E-state index contributed by atoms with van der Waals surface area (Å²) < 4.78 is 53.5. The second-order valence-corrected chi connectivity index (χ2v) is 26.0. The molecule has 25 nitrogen and oxygen atoms in total. The smallest absolute Gasteiger partial charge is 0.327 e. The van der Waals surface area contributed by atoms with Crippen molar-refractivity contribution in [2.45, 2.75) is 227 Å². The molecule has 6 heterocycles. The molecule has 0 aromatic heterocycles. The molecule has 21 atom stereocenters. The molecule has 0 bridgehead atoms. The van der Waals surface area contributed by atoms with Crippen molar-refractivity contribution in [1.29, 1.82) is 0 Å². The fourth-order valence-electron chi connectivity index (χ4n) is 11.9. The van der Waals surface area contributed by atoms with E-state index in [0.717, 1.165) is 0 Å². The molecule has 6 aliphatic heterocycles. The highest BCUT2D eigenvalue weighted by Crippen LogP contribution is 2.51. The van der Waals surface area contributed by atoms with Gasteiger partial charge < -0.3 is 83.0 Å². The Hall–Kier alpha value is -5.42. The molecule has 1 aromatic rings. The molecule has 5 saturated heterocycles. The van der Waals surface area contributed by atoms with Crippen molar-refractivity contribution < 1.29 is 106 Å². The van der Waals surface area contributed by atoms with Crippen molar-refractivity contribution in [3.05, 3.63) is 48.0 Å². The number of rotatable bonds is 17. The number of aldehydes is 1. The largest absolute Gasteiger partial charge is 0.480 e. The number of amides is 2. The van der Waals surface area contributed by atoms with Gasteiger partial charge in [-0.15, -0.1) is 11.8 Å². The fraction of sp³-hybridized carbons (Fsp3) is 0.712. The molecule has 1 aromatic carbocycles. The number of aliphatic hydroxyl groups is 2. The molecule has 5 N–H and O–H groups in total. The van der Waals surface area contributed by atoms with Crippen LogP contribution < -0.4 is 5.32 Å². The number of hydrogen-bond donors (Lipinski definition) is 5. The molecule has 2 amide bonds. The highest BCUT2D eigenvalue weighted by atomic mass is 32.2. The van der Waals surface area contributed by atoms with Crippen molar-refractivity contribution >= 4 is 65.5 Å². The van der Waals surface area contributed by atoms with Crippen LogP contribution in [0.25, 0.3) is 0 Å². The lowest BCUT2D eigenvalue weighted by molar-refractivity contribution is -0.344. The number of methoxy groups -OCH3 is 1. The lowest BCUT2D eigenvalue weighted by atomic mass is 9.83. The number of thioether (sulfide) groups is 1. The number of allylic oxidation sites excluding steroid dienone is 1. The van der Waals surface area contributed by atoms with Crippen molar-refractivity contribution in [3.8, 4) is 0 Å². The number of likely N-dealkylation sites (N-methyl/N-ethyl adjacent to an activating group) is 1. The van der Waals surface area contributed by atoms with Gasteiger partial charge in [0, 0.05) is 50.4 Å². The minimum Gasteiger partial charge on any atom is -0.480 e. The summed E-state index contributed by atoms with van der Waals surface area (Å²) in [7, 11) is 4.82. The maximum atomic E-state index is 13.4. The quantitative estimate of drug-likeness (QED) is 0.0374. The van der Waals surface area contributed by atoms with Crippen LogP contribution >= 0.6 is 11.8 Å². The van der Waals surface area contributed by atoms with Crippen LogP contribution in [-0.2, 0) is 85.8 Å². The van der Waals surface area contributed by atoms with E-state index < -0.39 is 167 Å². The van der Waals surface area contributed by atoms with Gasteiger partial charge >= 0.3 is 29.8 Å². The molecule has 0 spiro atoms. The van der Waals surface area contributed by atoms with E-state index in [1.54, 1.807) is 91.7 Å². The van der Waals surface area contributed by atoms with Crippen molar-refractivity contribution in [2.24, 2.45) is 17.8 Å². The number of ether oxygens (including phenoxy) is 9. The van der Waals surface area contributed by atoms with E-state index in [2.05, 4.69) is 5.32 Å². The van der Waals surface area contributed by atoms with Crippen molar-refractivity contribution in [1.82, 2.24) is 15.1 Å². The molecule has 0 saturated carbocycles. The lowest BCUT2D eigenvalue weighted by Crippen LogP contribution is -2.71. The number of benzene rings is 1. The van der Waals surface area contributed by atoms with Gasteiger partial charge in [0.15, 0.2) is 30.4 Å². The Morgan fingerprint density at radius 3 is 2.16 bits per heavy atom. The Balaban J connectivity index is 0.000000368. The Bertz CT molecular complexity index is 2580. The summed E-state index contributed by atoms with van der Waals surface area (Å²) in [5, 5.41) is 44.3. The molecular weight excluding hydrogens is 1130 g/mol. The van der Waals surface area contributed by atoms with Crippen LogP contribution in [0.1, 0.15) is 119 Å². The molecule has 0 radical (unpaired) electrons. The molecular formula is C59H85N3O22S. The number of ketones is 1. The Kier molecular flexibility index (Phi) is 23.5. The van der Waals surface area contributed by atoms with Gasteiger partial charge in [0.2, 0.25) is 11.8 Å². The molecule has 26 heteroatoms. The van der Waals surface area contributed by atoms with Crippen LogP contribution in [0.5, 0.6) is 0 Å². The zero-order valence-corrected chi connectivity index (χ0v) is 51.2. The summed E-state index contributed by atoms with van der Waals surface area (Å²) in [5.41, 5.74) is -1.20. The molecule has 85 heavy (non-hydrogen) atoms. The van der Waals surface area contributed by atoms with E-state index >= 15 is 0 Å². The van der Waals surface area contributed by atoms with E-state index in [4.69, 9.17) is 42.6 Å². The third kappa shape index (κ3) is 17.0. The zero-order valence-electron chi connectivity index (χ0n) is 50.4. The van der Waals surface area contributed by atoms with Gasteiger partial charge in [-0.25, -0.2) is 4.79 Å². The minimum atomic E-state index is -1.51. The van der Waals surface area contributed by atoms with Gasteiger partial charge in [0.1, 0.15) is 66.0 Å². The standard InChI is InChI=1S/C42H67NO16.C17H18N2O6S/c1-21(2)16-32(47)57-40-25(6)53-34(20-42(40,8)50)58-37-24(5)54-41(36(49)35(37)43(9)10)59-38-27(14-15-44)17-22(3)28(46)12-13-29-30(56-29)18-23(4)52-33(48)19-31(39(38)51-11)55-26(7)45;1-17(2)11(16(24)25)19-13(21)10(14(19)26-17)18-12(20)9(15(22)23)8-6-4-3-5-7-8/h12-13,15,21-25,27,29-31,34-41,49-50H,14,16-20H2,1-11H3;3-7,9-11,14H,1-2H3,(H,18,20)(H,22,23)(H,24,25)/b13-12+;/t22-,23-,24-,25+,27+,29+,30+,31-,34+,35-,36-,37-,38+,39+,40+,41+,42-;9?,10-,11+,14-/m11/s1. The highest BCUT2D eigenvalue weighted by Gasteiger charge is 2.64. The Labute approximate surface area is 499 Å². The molecule has 1 unspecified atom stereocenters. The van der Waals surface area contributed by atoms with Gasteiger partial charge in [-0.1, -0.05) is 51.1 Å². The van der Waals surface area contributed by atoms with Gasteiger partial charge in [0.25, 0.3) is 0 Å². The number of nitrogens with one attached hydrogen (secondary N) is 1. The normalized spacial score (nSPS) is 37.3. The predicted molar refractivity (Wildman–Crippen MR) is 301 cm³/mol. The van der Waals surface area contributed by atoms with E-state index in [1.165, 1.54) is 48.9 Å². The monoisotopic (exact) mass is 1220 g/mol. The number of epoxide rings is 1. The minimum absolute atomic E-state index is 0.0551. The second kappa shape index (κ2) is 29.1. The summed E-state index contributed by atoms with van der Waals surface area (Å²) in [6.07, 6.45) is -7.99. The van der Waals surface area contributed by atoms with Crippen molar-refractivity contribution in [2.75, 3.05) is 21.2 Å². The molecule has 6 aliphatic rings. The number of carboxylic acids is 2. The van der Waals surface area contributed by atoms with Gasteiger partial charge in [-0.2, -0.15) is 0 Å². The maximum absolute atomic E-state index is 13.4. The number of nitrogens with zero attached hydrogens (tertiary/aromatic N) is 2. The summed E-state index contributed by atoms with van der Waals surface area (Å²) in [4.78, 5) is 115. The number of fused-ring (bicyclic) bond motifs is 2. The van der Waals surface area contributed by atoms with Crippen molar-refractivity contribution in [3.63, 3.8) is 0 Å². The van der Waals surface area contributed by atoms with Gasteiger partial charge in [-0.3, -0.25) is 33.6 Å². The number of carboxylic acid groups (broad SMARTS) is 2. The second-order valence-electron chi connectivity index (χ2n) is 24.3. The van der Waals surface area contributed by atoms with Crippen LogP contribution in [0, 0.1) is 17.8 Å². The highest BCUT2D eigenvalue weighted by molar-refractivity contribution is 8.01. The van der Waals surface area contributed by atoms with Crippen LogP contribution in [0.2, 0.25) is 0 Å². The summed E-state index contributed by atoms with van der Waals surface area (Å²) in [6.45, 7) is 16.8. The fourth-order valence-corrected chi connectivity index (χ4v) is 13.6. The summed E-state index contributed by atoms with van der Waals surface area (Å²) in [5.74, 6) is -8.51. The first-order valence-corrected chi connectivity index (χ1v) is 29.6. The third-order valence-corrected chi connectivity index (χ3v) is 17.6. The molecule has 474 valence electrons. The first kappa shape index (κ1) is 68.7. The van der Waals surface area contributed by atoms with E-state index in [1.807, 2.05) is 13.8 Å². The third-order valence-electron chi connectivity index (χ3n) is 16.0. The number of aliphatic hydroxyl groups excluding tert-OH is 1. The average molecular weight is 1220 g/mol. The molecule has 0 aliphatic carbocycles. The molecule has 7 rings (SSSR count). The maximum Gasteiger partial charge on any atom is 0.327 e. The number of hydrogen-bond acceptors (Lipinski definition) is 22. The van der Waals surface area contributed by atoms with E-state index in [9.17, 15) is 63.6 Å². The zero-order chi connectivity index (χ0) is 63.2. The number of aliphatic carboxylic acids is 2. The number of esters is 3. The number of cyclic esters (lactones) is 1. The summed E-state index contributed by atoms with van der Waals surface area (Å²) >= 11 is 1.29. The van der Waals surface area contributed by atoms with E-state index in [-0.39, 0.29) is 49.6 Å². The first-order chi connectivity index (χ1) is 39.8. The number of carbonyl (C=O) groups excluding carboxylic acids is 7. The lowest BCUT2D eigenvalue weighted by Gasteiger charge is -2.50. The van der Waals surface area contributed by atoms with Gasteiger partial charge in [-0.05, 0) is 91.6 Å². The molecule has 5 fully saturated rings. The van der Waals surface area contributed by atoms with Gasteiger partial charge in [0.05, 0.1) is 36.9 Å². The van der Waals surface area contributed by atoms with Crippen LogP contribution in [-0.4, -0.2) is 219 Å².